The van der Waals surface area contributed by atoms with Crippen molar-refractivity contribution in [2.75, 3.05) is 21.3 Å². The lowest BCUT2D eigenvalue weighted by atomic mass is 10.1. The van der Waals surface area contributed by atoms with Crippen molar-refractivity contribution in [2.45, 2.75) is 0 Å². The zero-order valence-electron chi connectivity index (χ0n) is 13.5. The third kappa shape index (κ3) is 3.81. The molecule has 126 valence electrons. The smallest absolute Gasteiger partial charge is 0.203 e. The van der Waals surface area contributed by atoms with Gasteiger partial charge in [0.15, 0.2) is 17.3 Å². The maximum absolute atomic E-state index is 12.4. The summed E-state index contributed by atoms with van der Waals surface area (Å²) < 4.78 is 15.7. The molecule has 24 heavy (non-hydrogen) atoms. The Morgan fingerprint density at radius 2 is 1.67 bits per heavy atom. The maximum Gasteiger partial charge on any atom is 0.203 e. The van der Waals surface area contributed by atoms with Crippen LogP contribution in [-0.4, -0.2) is 32.2 Å². The number of rotatable bonds is 6. The summed E-state index contributed by atoms with van der Waals surface area (Å²) in [6.07, 6.45) is 3.01. The van der Waals surface area contributed by atoms with Gasteiger partial charge in [0, 0.05) is 5.56 Å². The van der Waals surface area contributed by atoms with Crippen LogP contribution in [-0.2, 0) is 0 Å². The van der Waals surface area contributed by atoms with Gasteiger partial charge in [0.2, 0.25) is 5.75 Å². The second kappa shape index (κ2) is 7.75. The Bertz CT molecular complexity index is 758. The Hall–Kier alpha value is -2.66. The summed E-state index contributed by atoms with van der Waals surface area (Å²) >= 11 is 5.84. The first kappa shape index (κ1) is 17.7. The van der Waals surface area contributed by atoms with Crippen LogP contribution < -0.4 is 14.2 Å². The summed E-state index contributed by atoms with van der Waals surface area (Å²) in [5, 5.41) is 9.62. The van der Waals surface area contributed by atoms with Gasteiger partial charge in [0.1, 0.15) is 5.75 Å². The average molecular weight is 349 g/mol. The first-order valence-corrected chi connectivity index (χ1v) is 7.39. The Morgan fingerprint density at radius 3 is 2.17 bits per heavy atom. The monoisotopic (exact) mass is 348 g/mol. The predicted octanol–water partition coefficient (Wildman–Crippen LogP) is 3.97. The zero-order chi connectivity index (χ0) is 17.7. The van der Waals surface area contributed by atoms with Gasteiger partial charge >= 0.3 is 0 Å². The molecule has 1 N–H and O–H groups in total. The molecule has 0 spiro atoms. The predicted molar refractivity (Wildman–Crippen MR) is 92.6 cm³/mol. The van der Waals surface area contributed by atoms with Gasteiger partial charge in [-0.15, -0.1) is 0 Å². The molecule has 0 aliphatic carbocycles. The van der Waals surface area contributed by atoms with Crippen LogP contribution in [0.5, 0.6) is 23.0 Å². The minimum Gasteiger partial charge on any atom is -0.506 e. The molecular weight excluding hydrogens is 332 g/mol. The van der Waals surface area contributed by atoms with Crippen LogP contribution in [0.1, 0.15) is 15.9 Å². The van der Waals surface area contributed by atoms with Crippen molar-refractivity contribution in [3.05, 3.63) is 52.6 Å². The number of hydrogen-bond acceptors (Lipinski definition) is 5. The molecular formula is C18H17ClO5. The quantitative estimate of drug-likeness (QED) is 0.632. The van der Waals surface area contributed by atoms with Gasteiger partial charge < -0.3 is 19.3 Å². The number of ether oxygens (including phenoxy) is 3. The summed E-state index contributed by atoms with van der Waals surface area (Å²) in [5.74, 6) is 0.983. The number of methoxy groups -OCH3 is 3. The molecule has 5 nitrogen and oxygen atoms in total. The number of aromatic hydroxyl groups is 1. The standard InChI is InChI=1S/C18H17ClO5/c1-22-16-9-12(10-17(23-2)18(16)24-3)14(20)6-4-11-5-7-15(21)13(19)8-11/h4-10,21H,1-3H3/b6-4+. The molecule has 6 heteroatoms. The summed E-state index contributed by atoms with van der Waals surface area (Å²) in [6, 6.07) is 7.84. The molecule has 0 atom stereocenters. The van der Waals surface area contributed by atoms with Crippen molar-refractivity contribution in [1.29, 1.82) is 0 Å². The molecule has 0 aliphatic heterocycles. The van der Waals surface area contributed by atoms with Crippen LogP contribution in [0.15, 0.2) is 36.4 Å². The highest BCUT2D eigenvalue weighted by atomic mass is 35.5. The van der Waals surface area contributed by atoms with Crippen LogP contribution in [0.25, 0.3) is 6.08 Å². The van der Waals surface area contributed by atoms with E-state index in [4.69, 9.17) is 25.8 Å². The Balaban J connectivity index is 2.32. The normalized spacial score (nSPS) is 10.7. The molecule has 0 amide bonds. The van der Waals surface area contributed by atoms with Crippen LogP contribution in [0.2, 0.25) is 5.02 Å². The van der Waals surface area contributed by atoms with E-state index >= 15 is 0 Å². The molecule has 2 rings (SSSR count). The van der Waals surface area contributed by atoms with Crippen molar-refractivity contribution in [1.82, 2.24) is 0 Å². The summed E-state index contributed by atoms with van der Waals surface area (Å²) in [6.45, 7) is 0. The number of carbonyl (C=O) groups excluding carboxylic acids is 1. The van der Waals surface area contributed by atoms with E-state index in [9.17, 15) is 9.90 Å². The van der Waals surface area contributed by atoms with Crippen LogP contribution in [0.3, 0.4) is 0 Å². The Kier molecular flexibility index (Phi) is 5.71. The summed E-state index contributed by atoms with van der Waals surface area (Å²) in [4.78, 5) is 12.4. The number of allylic oxidation sites excluding steroid dienone is 1. The first-order chi connectivity index (χ1) is 11.5. The maximum atomic E-state index is 12.4. The Labute approximate surface area is 145 Å². The molecule has 0 saturated heterocycles. The zero-order valence-corrected chi connectivity index (χ0v) is 14.3. The van der Waals surface area contributed by atoms with Gasteiger partial charge in [-0.25, -0.2) is 0 Å². The van der Waals surface area contributed by atoms with Crippen molar-refractivity contribution >= 4 is 23.5 Å². The van der Waals surface area contributed by atoms with E-state index in [2.05, 4.69) is 0 Å². The molecule has 0 fully saturated rings. The number of hydrogen-bond donors (Lipinski definition) is 1. The minimum absolute atomic E-state index is 0.00947. The molecule has 0 aliphatic rings. The highest BCUT2D eigenvalue weighted by Gasteiger charge is 2.15. The van der Waals surface area contributed by atoms with Crippen molar-refractivity contribution in [3.63, 3.8) is 0 Å². The number of halogens is 1. The summed E-state index contributed by atoms with van der Waals surface area (Å²) in [5.41, 5.74) is 1.09. The lowest BCUT2D eigenvalue weighted by molar-refractivity contribution is 0.104. The SMILES string of the molecule is COc1cc(C(=O)/C=C/c2ccc(O)c(Cl)c2)cc(OC)c1OC. The van der Waals surface area contributed by atoms with E-state index in [1.807, 2.05) is 0 Å². The Morgan fingerprint density at radius 1 is 1.04 bits per heavy atom. The number of carbonyl (C=O) groups is 1. The van der Waals surface area contributed by atoms with Crippen molar-refractivity contribution in [3.8, 4) is 23.0 Å². The van der Waals surface area contributed by atoms with E-state index in [1.165, 1.54) is 33.5 Å². The third-order valence-electron chi connectivity index (χ3n) is 3.35. The van der Waals surface area contributed by atoms with Crippen LogP contribution >= 0.6 is 11.6 Å². The highest BCUT2D eigenvalue weighted by Crippen LogP contribution is 2.38. The lowest BCUT2D eigenvalue weighted by Crippen LogP contribution is -2.00. The fourth-order valence-corrected chi connectivity index (χ4v) is 2.31. The van der Waals surface area contributed by atoms with E-state index in [0.29, 0.717) is 28.4 Å². The molecule has 0 aromatic heterocycles. The largest absolute Gasteiger partial charge is 0.506 e. The highest BCUT2D eigenvalue weighted by molar-refractivity contribution is 6.32. The third-order valence-corrected chi connectivity index (χ3v) is 3.65. The van der Waals surface area contributed by atoms with Gasteiger partial charge in [-0.3, -0.25) is 4.79 Å². The summed E-state index contributed by atoms with van der Waals surface area (Å²) in [7, 11) is 4.47. The number of phenols is 1. The average Bonchev–Trinajstić information content (AvgIpc) is 2.60. The van der Waals surface area contributed by atoms with Gasteiger partial charge in [-0.05, 0) is 35.9 Å². The van der Waals surface area contributed by atoms with Crippen molar-refractivity contribution < 1.29 is 24.1 Å². The fraction of sp³-hybridized carbons (Fsp3) is 0.167. The van der Waals surface area contributed by atoms with Gasteiger partial charge in [-0.1, -0.05) is 23.7 Å². The van der Waals surface area contributed by atoms with E-state index in [-0.39, 0.29) is 16.6 Å². The topological polar surface area (TPSA) is 65.0 Å². The number of ketones is 1. The van der Waals surface area contributed by atoms with Crippen molar-refractivity contribution in [2.24, 2.45) is 0 Å². The molecule has 0 heterocycles. The van der Waals surface area contributed by atoms with Crippen LogP contribution in [0.4, 0.5) is 0 Å². The van der Waals surface area contributed by atoms with E-state index in [0.717, 1.165) is 0 Å². The van der Waals surface area contributed by atoms with Gasteiger partial charge in [0.25, 0.3) is 0 Å². The second-order valence-corrected chi connectivity index (χ2v) is 5.23. The van der Waals surface area contributed by atoms with Crippen LogP contribution in [0, 0.1) is 0 Å². The number of phenolic OH excluding ortho intramolecular Hbond substituents is 1. The van der Waals surface area contributed by atoms with E-state index in [1.54, 1.807) is 30.3 Å². The molecule has 0 radical (unpaired) electrons. The first-order valence-electron chi connectivity index (χ1n) is 7.01. The molecule has 2 aromatic carbocycles. The number of benzene rings is 2. The van der Waals surface area contributed by atoms with Gasteiger partial charge in [0.05, 0.1) is 26.4 Å². The lowest BCUT2D eigenvalue weighted by Gasteiger charge is -2.13. The molecule has 0 unspecified atom stereocenters. The second-order valence-electron chi connectivity index (χ2n) is 4.82. The molecule has 2 aromatic rings. The fourth-order valence-electron chi connectivity index (χ4n) is 2.12. The molecule has 0 saturated carbocycles. The van der Waals surface area contributed by atoms with Gasteiger partial charge in [-0.2, -0.15) is 0 Å². The molecule has 0 bridgehead atoms. The minimum atomic E-state index is -0.238. The van der Waals surface area contributed by atoms with E-state index < -0.39 is 0 Å².